The van der Waals surface area contributed by atoms with E-state index >= 15 is 0 Å². The van der Waals surface area contributed by atoms with Crippen molar-refractivity contribution in [1.29, 1.82) is 0 Å². The number of halogens is 2. The monoisotopic (exact) mass is 351 g/mol. The van der Waals surface area contributed by atoms with Crippen molar-refractivity contribution in [2.24, 2.45) is 0 Å². The molecular weight excluding hydrogens is 341 g/mol. The second-order valence-electron chi connectivity index (χ2n) is 4.55. The number of hydrogen-bond donors (Lipinski definition) is 0. The highest BCUT2D eigenvalue weighted by molar-refractivity contribution is 7.21. The zero-order valence-corrected chi connectivity index (χ0v) is 13.9. The lowest BCUT2D eigenvalue weighted by Crippen LogP contribution is -2.03. The molecule has 0 saturated carbocycles. The molecule has 22 heavy (non-hydrogen) atoms. The summed E-state index contributed by atoms with van der Waals surface area (Å²) in [7, 11) is 0. The van der Waals surface area contributed by atoms with Crippen LogP contribution in [0.4, 0.5) is 0 Å². The molecule has 0 spiro atoms. The van der Waals surface area contributed by atoms with Gasteiger partial charge in [-0.2, -0.15) is 0 Å². The summed E-state index contributed by atoms with van der Waals surface area (Å²) in [6, 6.07) is 10.6. The summed E-state index contributed by atoms with van der Waals surface area (Å²) >= 11 is 13.6. The van der Waals surface area contributed by atoms with Gasteiger partial charge in [-0.15, -0.1) is 11.3 Å². The van der Waals surface area contributed by atoms with E-state index in [1.54, 1.807) is 31.2 Å². The van der Waals surface area contributed by atoms with Crippen LogP contribution in [0.3, 0.4) is 0 Å². The molecule has 0 fully saturated rings. The van der Waals surface area contributed by atoms with Gasteiger partial charge in [0.05, 0.1) is 27.4 Å². The fourth-order valence-electron chi connectivity index (χ4n) is 2.04. The van der Waals surface area contributed by atoms with E-state index in [-0.39, 0.29) is 5.97 Å². The van der Waals surface area contributed by atoms with Crippen molar-refractivity contribution in [3.8, 4) is 10.6 Å². The molecule has 112 valence electrons. The highest BCUT2D eigenvalue weighted by Crippen LogP contribution is 2.35. The number of carbonyl (C=O) groups is 1. The summed E-state index contributed by atoms with van der Waals surface area (Å²) in [4.78, 5) is 16.3. The fourth-order valence-corrected chi connectivity index (χ4v) is 3.64. The number of ether oxygens (including phenoxy) is 1. The molecule has 1 aromatic heterocycles. The lowest BCUT2D eigenvalue weighted by Gasteiger charge is -2.00. The molecule has 0 unspecified atom stereocenters. The summed E-state index contributed by atoms with van der Waals surface area (Å²) in [5, 5.41) is 1.93. The molecule has 3 aromatic rings. The molecule has 0 bridgehead atoms. The second-order valence-corrected chi connectivity index (χ2v) is 6.42. The standard InChI is InChI=1S/C16H11Cl2NO2S/c1-2-21-16(20)9-3-6-13-14(7-9)22-15(19-13)11-5-4-10(17)8-12(11)18/h3-8H,2H2,1H3. The maximum Gasteiger partial charge on any atom is 0.338 e. The van der Waals surface area contributed by atoms with Crippen LogP contribution in [0.5, 0.6) is 0 Å². The first-order chi connectivity index (χ1) is 10.6. The third-order valence-electron chi connectivity index (χ3n) is 3.06. The van der Waals surface area contributed by atoms with E-state index in [1.807, 2.05) is 12.1 Å². The van der Waals surface area contributed by atoms with E-state index in [4.69, 9.17) is 27.9 Å². The smallest absolute Gasteiger partial charge is 0.338 e. The summed E-state index contributed by atoms with van der Waals surface area (Å²) < 4.78 is 5.92. The maximum absolute atomic E-state index is 11.8. The minimum absolute atomic E-state index is 0.330. The molecule has 1 heterocycles. The summed E-state index contributed by atoms with van der Waals surface area (Å²) in [5.41, 5.74) is 2.16. The number of carbonyl (C=O) groups excluding carboxylic acids is 1. The molecule has 0 saturated heterocycles. The van der Waals surface area contributed by atoms with E-state index in [0.717, 1.165) is 20.8 Å². The minimum Gasteiger partial charge on any atom is -0.462 e. The number of nitrogens with zero attached hydrogens (tertiary/aromatic N) is 1. The molecule has 0 N–H and O–H groups in total. The Kier molecular flexibility index (Phi) is 4.34. The molecule has 0 radical (unpaired) electrons. The number of fused-ring (bicyclic) bond motifs is 1. The van der Waals surface area contributed by atoms with Gasteiger partial charge in [0, 0.05) is 10.6 Å². The van der Waals surface area contributed by atoms with Crippen LogP contribution in [0.1, 0.15) is 17.3 Å². The Morgan fingerprint density at radius 2 is 2.05 bits per heavy atom. The molecule has 0 amide bonds. The molecule has 0 aliphatic carbocycles. The molecule has 3 rings (SSSR count). The Balaban J connectivity index is 2.04. The SMILES string of the molecule is CCOC(=O)c1ccc2nc(-c3ccc(Cl)cc3Cl)sc2c1. The lowest BCUT2D eigenvalue weighted by atomic mass is 10.2. The Labute approximate surface area is 141 Å². The van der Waals surface area contributed by atoms with Gasteiger partial charge in [-0.05, 0) is 43.3 Å². The van der Waals surface area contributed by atoms with Gasteiger partial charge in [0.25, 0.3) is 0 Å². The number of hydrogen-bond acceptors (Lipinski definition) is 4. The zero-order chi connectivity index (χ0) is 15.7. The van der Waals surface area contributed by atoms with Crippen LogP contribution in [-0.4, -0.2) is 17.6 Å². The fraction of sp³-hybridized carbons (Fsp3) is 0.125. The minimum atomic E-state index is -0.330. The Morgan fingerprint density at radius 3 is 2.77 bits per heavy atom. The molecule has 0 atom stereocenters. The highest BCUT2D eigenvalue weighted by atomic mass is 35.5. The predicted molar refractivity (Wildman–Crippen MR) is 91.0 cm³/mol. The Hall–Kier alpha value is -1.62. The highest BCUT2D eigenvalue weighted by Gasteiger charge is 2.13. The molecule has 0 aliphatic heterocycles. The van der Waals surface area contributed by atoms with Crippen molar-refractivity contribution >= 4 is 50.7 Å². The van der Waals surface area contributed by atoms with Crippen LogP contribution in [0.25, 0.3) is 20.8 Å². The van der Waals surface area contributed by atoms with Crippen molar-refractivity contribution in [1.82, 2.24) is 4.98 Å². The second kappa shape index (κ2) is 6.24. The molecule has 2 aromatic carbocycles. The number of thiazole rings is 1. The van der Waals surface area contributed by atoms with Crippen LogP contribution >= 0.6 is 34.5 Å². The van der Waals surface area contributed by atoms with E-state index < -0.39 is 0 Å². The third-order valence-corrected chi connectivity index (χ3v) is 4.66. The molecule has 6 heteroatoms. The average Bonchev–Trinajstić information content (AvgIpc) is 2.89. The van der Waals surface area contributed by atoms with Gasteiger partial charge < -0.3 is 4.74 Å². The Bertz CT molecular complexity index is 860. The number of benzene rings is 2. The van der Waals surface area contributed by atoms with Crippen molar-refractivity contribution < 1.29 is 9.53 Å². The first kappa shape index (κ1) is 15.3. The summed E-state index contributed by atoms with van der Waals surface area (Å²) in [6.45, 7) is 2.13. The van der Waals surface area contributed by atoms with Crippen LogP contribution in [0.15, 0.2) is 36.4 Å². The van der Waals surface area contributed by atoms with E-state index in [1.165, 1.54) is 11.3 Å². The number of rotatable bonds is 3. The molecule has 0 aliphatic rings. The number of aromatic nitrogens is 1. The Morgan fingerprint density at radius 1 is 1.23 bits per heavy atom. The lowest BCUT2D eigenvalue weighted by molar-refractivity contribution is 0.0526. The molecule has 3 nitrogen and oxygen atoms in total. The maximum atomic E-state index is 11.8. The van der Waals surface area contributed by atoms with Crippen LogP contribution in [0, 0.1) is 0 Å². The normalized spacial score (nSPS) is 10.9. The van der Waals surface area contributed by atoms with Crippen molar-refractivity contribution in [2.45, 2.75) is 6.92 Å². The number of esters is 1. The zero-order valence-electron chi connectivity index (χ0n) is 11.6. The quantitative estimate of drug-likeness (QED) is 0.589. The van der Waals surface area contributed by atoms with Crippen LogP contribution in [0.2, 0.25) is 10.0 Å². The van der Waals surface area contributed by atoms with Gasteiger partial charge >= 0.3 is 5.97 Å². The van der Waals surface area contributed by atoms with E-state index in [9.17, 15) is 4.79 Å². The van der Waals surface area contributed by atoms with Gasteiger partial charge in [-0.3, -0.25) is 0 Å². The largest absolute Gasteiger partial charge is 0.462 e. The van der Waals surface area contributed by atoms with Gasteiger partial charge in [-0.25, -0.2) is 9.78 Å². The van der Waals surface area contributed by atoms with Gasteiger partial charge in [-0.1, -0.05) is 23.2 Å². The van der Waals surface area contributed by atoms with Gasteiger partial charge in [0.1, 0.15) is 5.01 Å². The molecular formula is C16H11Cl2NO2S. The van der Waals surface area contributed by atoms with Crippen LogP contribution in [-0.2, 0) is 4.74 Å². The van der Waals surface area contributed by atoms with E-state index in [2.05, 4.69) is 4.98 Å². The van der Waals surface area contributed by atoms with Crippen molar-refractivity contribution in [3.05, 3.63) is 52.0 Å². The van der Waals surface area contributed by atoms with Gasteiger partial charge in [0.15, 0.2) is 0 Å². The van der Waals surface area contributed by atoms with Crippen molar-refractivity contribution in [3.63, 3.8) is 0 Å². The van der Waals surface area contributed by atoms with Crippen LogP contribution < -0.4 is 0 Å². The van der Waals surface area contributed by atoms with E-state index in [0.29, 0.717) is 22.2 Å². The average molecular weight is 352 g/mol. The first-order valence-electron chi connectivity index (χ1n) is 6.61. The topological polar surface area (TPSA) is 39.2 Å². The van der Waals surface area contributed by atoms with Gasteiger partial charge in [0.2, 0.25) is 0 Å². The summed E-state index contributed by atoms with van der Waals surface area (Å²) in [5.74, 6) is -0.330. The summed E-state index contributed by atoms with van der Waals surface area (Å²) in [6.07, 6.45) is 0. The van der Waals surface area contributed by atoms with Crippen molar-refractivity contribution in [2.75, 3.05) is 6.61 Å². The predicted octanol–water partition coefficient (Wildman–Crippen LogP) is 5.45. The first-order valence-corrected chi connectivity index (χ1v) is 8.19. The third kappa shape index (κ3) is 2.95.